The Hall–Kier alpha value is -1.38. The Morgan fingerprint density at radius 3 is 2.68 bits per heavy atom. The van der Waals surface area contributed by atoms with Gasteiger partial charge >= 0.3 is 0 Å². The van der Waals surface area contributed by atoms with Crippen molar-refractivity contribution in [3.05, 3.63) is 23.3 Å². The van der Waals surface area contributed by atoms with Crippen LogP contribution in [0.2, 0.25) is 0 Å². The molecule has 1 aromatic carbocycles. The van der Waals surface area contributed by atoms with E-state index in [2.05, 4.69) is 4.90 Å². The van der Waals surface area contributed by atoms with Crippen LogP contribution in [0.1, 0.15) is 43.2 Å². The summed E-state index contributed by atoms with van der Waals surface area (Å²) in [6, 6.07) is 3.69. The van der Waals surface area contributed by atoms with Gasteiger partial charge in [0.05, 0.1) is 11.0 Å². The first-order valence-electron chi connectivity index (χ1n) is 9.56. The number of likely N-dealkylation sites (tertiary alicyclic amines) is 1. The molecule has 1 aromatic rings. The Kier molecular flexibility index (Phi) is 5.00. The Labute approximate surface area is 169 Å². The highest BCUT2D eigenvalue weighted by molar-refractivity contribution is 5.90. The molecule has 6 rings (SSSR count). The fourth-order valence-corrected chi connectivity index (χ4v) is 6.26. The van der Waals surface area contributed by atoms with Crippen molar-refractivity contribution in [2.75, 3.05) is 13.1 Å². The first-order valence-corrected chi connectivity index (χ1v) is 9.56. The van der Waals surface area contributed by atoms with E-state index < -0.39 is 17.1 Å². The van der Waals surface area contributed by atoms with E-state index in [0.717, 1.165) is 43.0 Å². The Morgan fingerprint density at radius 1 is 1.21 bits per heavy atom. The van der Waals surface area contributed by atoms with Gasteiger partial charge in [-0.05, 0) is 56.2 Å². The zero-order valence-corrected chi connectivity index (χ0v) is 16.4. The number of phenolic OH excluding ortho intramolecular Hbond substituents is 1. The highest BCUT2D eigenvalue weighted by Crippen LogP contribution is 2.64. The van der Waals surface area contributed by atoms with E-state index in [4.69, 9.17) is 4.74 Å². The number of ether oxygens (including phenoxy) is 1. The van der Waals surface area contributed by atoms with Crippen LogP contribution < -0.4 is 4.74 Å². The molecule has 2 heterocycles. The van der Waals surface area contributed by atoms with Gasteiger partial charge in [0.2, 0.25) is 0 Å². The summed E-state index contributed by atoms with van der Waals surface area (Å²) in [6.07, 6.45) is 4.33. The second-order valence-corrected chi connectivity index (χ2v) is 8.72. The third-order valence-electron chi connectivity index (χ3n) is 7.56. The predicted molar refractivity (Wildman–Crippen MR) is 104 cm³/mol. The maximum Gasteiger partial charge on any atom is 0.174 e. The van der Waals surface area contributed by atoms with Crippen molar-refractivity contribution in [3.63, 3.8) is 0 Å². The molecule has 4 atom stereocenters. The molecule has 156 valence electrons. The standard InChI is InChI=1S/C20H23NO4.ClH.2H2O/c22-13-4-3-12-9-15-20(24)6-5-14(23)18-19(20,16(12)17(13)25-18)7-8-21(15)10-11-1-2-11;;;/h3-4,11,15,18,22,24H,1-2,5-10H2;1H;2*1H2/t15-,18-,19+,20+;;;/m1.../s1. The van der Waals surface area contributed by atoms with E-state index in [1.807, 2.05) is 6.07 Å². The minimum absolute atomic E-state index is 0. The molecule has 0 unspecified atom stereocenters. The highest BCUT2D eigenvalue weighted by Gasteiger charge is 2.73. The second-order valence-electron chi connectivity index (χ2n) is 8.72. The summed E-state index contributed by atoms with van der Waals surface area (Å²) in [7, 11) is 0. The quantitative estimate of drug-likeness (QED) is 0.719. The fraction of sp³-hybridized carbons (Fsp3) is 0.650. The van der Waals surface area contributed by atoms with Crippen LogP contribution in [0, 0.1) is 5.92 Å². The van der Waals surface area contributed by atoms with Gasteiger partial charge in [-0.2, -0.15) is 0 Å². The number of carbonyl (C=O) groups excluding carboxylic acids is 1. The number of hydrogen-bond donors (Lipinski definition) is 2. The molecule has 0 amide bonds. The van der Waals surface area contributed by atoms with E-state index in [0.29, 0.717) is 18.6 Å². The van der Waals surface area contributed by atoms with Crippen molar-refractivity contribution in [3.8, 4) is 11.5 Å². The lowest BCUT2D eigenvalue weighted by Crippen LogP contribution is -2.76. The number of rotatable bonds is 2. The van der Waals surface area contributed by atoms with Crippen molar-refractivity contribution >= 4 is 18.2 Å². The Morgan fingerprint density at radius 2 is 1.96 bits per heavy atom. The molecular formula is C20H28ClNO6. The molecule has 0 radical (unpaired) electrons. The van der Waals surface area contributed by atoms with Crippen molar-refractivity contribution in [1.29, 1.82) is 0 Å². The molecule has 28 heavy (non-hydrogen) atoms. The molecule has 2 aliphatic heterocycles. The molecule has 3 fully saturated rings. The first kappa shape index (κ1) is 21.3. The largest absolute Gasteiger partial charge is 0.504 e. The molecule has 2 saturated carbocycles. The van der Waals surface area contributed by atoms with Crippen molar-refractivity contribution in [2.24, 2.45) is 5.92 Å². The summed E-state index contributed by atoms with van der Waals surface area (Å²) in [4.78, 5) is 15.2. The number of halogens is 1. The number of carbonyl (C=O) groups is 1. The summed E-state index contributed by atoms with van der Waals surface area (Å²) in [5.41, 5.74) is 0.454. The van der Waals surface area contributed by atoms with Crippen molar-refractivity contribution in [2.45, 2.75) is 61.7 Å². The molecule has 7 nitrogen and oxygen atoms in total. The molecule has 2 bridgehead atoms. The number of phenols is 1. The second kappa shape index (κ2) is 6.57. The van der Waals surface area contributed by atoms with Crippen LogP contribution in [-0.4, -0.2) is 62.7 Å². The van der Waals surface area contributed by atoms with Crippen LogP contribution in [0.25, 0.3) is 0 Å². The third-order valence-corrected chi connectivity index (χ3v) is 7.56. The lowest BCUT2D eigenvalue weighted by molar-refractivity contribution is -0.188. The van der Waals surface area contributed by atoms with Crippen molar-refractivity contribution < 1.29 is 30.7 Å². The Balaban J connectivity index is 0.000000750. The van der Waals surface area contributed by atoms with E-state index in [1.165, 1.54) is 12.8 Å². The predicted octanol–water partition coefficient (Wildman–Crippen LogP) is 0.298. The molecule has 8 heteroatoms. The van der Waals surface area contributed by atoms with Crippen LogP contribution in [0.15, 0.2) is 12.1 Å². The molecule has 0 aromatic heterocycles. The molecular weight excluding hydrogens is 386 g/mol. The monoisotopic (exact) mass is 413 g/mol. The number of piperidine rings is 1. The van der Waals surface area contributed by atoms with Crippen LogP contribution in [-0.2, 0) is 16.6 Å². The maximum atomic E-state index is 12.7. The topological polar surface area (TPSA) is 133 Å². The summed E-state index contributed by atoms with van der Waals surface area (Å²) in [6.45, 7) is 1.95. The minimum atomic E-state index is -0.940. The highest BCUT2D eigenvalue weighted by atomic mass is 35.5. The normalized spacial score (nSPS) is 37.0. The molecule has 1 spiro atoms. The van der Waals surface area contributed by atoms with E-state index >= 15 is 0 Å². The van der Waals surface area contributed by atoms with Gasteiger partial charge in [-0.3, -0.25) is 9.69 Å². The number of aromatic hydroxyl groups is 1. The van der Waals surface area contributed by atoms with Gasteiger partial charge in [-0.1, -0.05) is 6.07 Å². The van der Waals surface area contributed by atoms with Crippen molar-refractivity contribution in [1.82, 2.24) is 4.90 Å². The lowest BCUT2D eigenvalue weighted by atomic mass is 9.49. The smallest absolute Gasteiger partial charge is 0.174 e. The number of nitrogens with zero attached hydrogens (tertiary/aromatic N) is 1. The van der Waals surface area contributed by atoms with E-state index in [1.54, 1.807) is 6.07 Å². The number of hydrogen-bond acceptors (Lipinski definition) is 5. The summed E-state index contributed by atoms with van der Waals surface area (Å²) in [5, 5.41) is 22.3. The zero-order valence-electron chi connectivity index (χ0n) is 15.6. The average Bonchev–Trinajstić information content (AvgIpc) is 3.32. The SMILES string of the molecule is Cl.O.O.O=C1CC[C@]2(O)[C@H]3Cc4ccc(O)c5c4[C@@]2(CCN3CC2CC2)[C@@H]1O5. The van der Waals surface area contributed by atoms with Gasteiger partial charge in [0, 0.05) is 24.6 Å². The van der Waals surface area contributed by atoms with Crippen LogP contribution >= 0.6 is 12.4 Å². The summed E-state index contributed by atoms with van der Waals surface area (Å²) >= 11 is 0. The molecule has 6 N–H and O–H groups in total. The zero-order chi connectivity index (χ0) is 17.0. The lowest BCUT2D eigenvalue weighted by Gasteiger charge is -2.62. The maximum absolute atomic E-state index is 12.7. The van der Waals surface area contributed by atoms with Crippen LogP contribution in [0.3, 0.4) is 0 Å². The number of benzene rings is 1. The fourth-order valence-electron chi connectivity index (χ4n) is 6.26. The van der Waals surface area contributed by atoms with Gasteiger partial charge in [-0.25, -0.2) is 0 Å². The first-order chi connectivity index (χ1) is 12.0. The Bertz CT molecular complexity index is 814. The molecule has 1 saturated heterocycles. The van der Waals surface area contributed by atoms with Gasteiger partial charge in [-0.15, -0.1) is 12.4 Å². The number of aliphatic hydroxyl groups is 1. The van der Waals surface area contributed by atoms with Crippen LogP contribution in [0.5, 0.6) is 11.5 Å². The molecule has 5 aliphatic rings. The van der Waals surface area contributed by atoms with E-state index in [9.17, 15) is 15.0 Å². The van der Waals surface area contributed by atoms with Gasteiger partial charge in [0.1, 0.15) is 0 Å². The van der Waals surface area contributed by atoms with Crippen LogP contribution in [0.4, 0.5) is 0 Å². The van der Waals surface area contributed by atoms with E-state index in [-0.39, 0.29) is 40.9 Å². The van der Waals surface area contributed by atoms with Gasteiger partial charge in [0.15, 0.2) is 23.4 Å². The average molecular weight is 414 g/mol. The van der Waals surface area contributed by atoms with Gasteiger partial charge in [0.25, 0.3) is 0 Å². The molecule has 3 aliphatic carbocycles. The summed E-state index contributed by atoms with van der Waals surface area (Å²) in [5.74, 6) is 1.39. The number of ketones is 1. The third kappa shape index (κ3) is 2.28. The number of Topliss-reactive ketones (excluding diaryl/α,β-unsaturated/α-hetero) is 1. The minimum Gasteiger partial charge on any atom is -0.504 e. The van der Waals surface area contributed by atoms with Gasteiger partial charge < -0.3 is 25.9 Å². The summed E-state index contributed by atoms with van der Waals surface area (Å²) < 4.78 is 6.04.